The molecule has 1 heterocycles. The fourth-order valence-corrected chi connectivity index (χ4v) is 2.42. The highest BCUT2D eigenvalue weighted by Gasteiger charge is 2.35. The van der Waals surface area contributed by atoms with Crippen LogP contribution in [0.4, 0.5) is 0 Å². The number of carbonyl (C=O) groups is 1. The van der Waals surface area contributed by atoms with Gasteiger partial charge in [0, 0.05) is 6.54 Å². The molecule has 0 saturated carbocycles. The van der Waals surface area contributed by atoms with E-state index in [0.29, 0.717) is 25.1 Å². The number of nitrogens with zero attached hydrogens (tertiary/aromatic N) is 2. The molecule has 0 amide bonds. The molecule has 6 nitrogen and oxygen atoms in total. The smallest absolute Gasteiger partial charge is 0.328 e. The number of carbonyl (C=O) groups excluding carboxylic acids is 1. The van der Waals surface area contributed by atoms with Crippen LogP contribution in [0, 0.1) is 10.1 Å². The second kappa shape index (κ2) is 6.18. The Morgan fingerprint density at radius 2 is 2.20 bits per heavy atom. The van der Waals surface area contributed by atoms with E-state index in [1.54, 1.807) is 4.90 Å². The number of allylic oxidation sites excluding steroid dienone is 1. The Bertz CT molecular complexity index is 527. The van der Waals surface area contributed by atoms with E-state index in [1.165, 1.54) is 7.11 Å². The summed E-state index contributed by atoms with van der Waals surface area (Å²) in [5.74, 6) is -0.354. The number of hydrogen-bond acceptors (Lipinski definition) is 5. The van der Waals surface area contributed by atoms with Crippen molar-refractivity contribution in [3.8, 4) is 0 Å². The van der Waals surface area contributed by atoms with Gasteiger partial charge in [-0.3, -0.25) is 10.1 Å². The van der Waals surface area contributed by atoms with Gasteiger partial charge in [-0.15, -0.1) is 0 Å². The SMILES string of the molecule is COC(=O)[C@@H]1CC/C(=C\[N+](=O)[O-])N1Cc1ccccc1. The molecule has 1 saturated heterocycles. The van der Waals surface area contributed by atoms with Crippen LogP contribution in [0.15, 0.2) is 42.2 Å². The summed E-state index contributed by atoms with van der Waals surface area (Å²) in [6, 6.07) is 9.10. The molecule has 1 aliphatic rings. The third kappa shape index (κ3) is 3.14. The number of rotatable bonds is 4. The van der Waals surface area contributed by atoms with Crippen molar-refractivity contribution in [2.45, 2.75) is 25.4 Å². The molecule has 0 spiro atoms. The third-order valence-corrected chi connectivity index (χ3v) is 3.34. The molecule has 1 fully saturated rings. The predicted molar refractivity (Wildman–Crippen MR) is 72.1 cm³/mol. The highest BCUT2D eigenvalue weighted by atomic mass is 16.6. The van der Waals surface area contributed by atoms with E-state index in [0.717, 1.165) is 11.8 Å². The van der Waals surface area contributed by atoms with Crippen LogP contribution in [0.3, 0.4) is 0 Å². The molecule has 106 valence electrons. The zero-order valence-corrected chi connectivity index (χ0v) is 11.2. The zero-order chi connectivity index (χ0) is 14.5. The highest BCUT2D eigenvalue weighted by molar-refractivity contribution is 5.76. The molecule has 0 aliphatic carbocycles. The van der Waals surface area contributed by atoms with Gasteiger partial charge >= 0.3 is 5.97 Å². The van der Waals surface area contributed by atoms with E-state index in [4.69, 9.17) is 4.74 Å². The number of benzene rings is 1. The van der Waals surface area contributed by atoms with Crippen LogP contribution in [0.5, 0.6) is 0 Å². The minimum atomic E-state index is -0.479. The average molecular weight is 276 g/mol. The lowest BCUT2D eigenvalue weighted by atomic mass is 10.2. The fraction of sp³-hybridized carbons (Fsp3) is 0.357. The normalized spacial score (nSPS) is 20.1. The lowest BCUT2D eigenvalue weighted by Gasteiger charge is -2.25. The van der Waals surface area contributed by atoms with E-state index in [1.807, 2.05) is 30.3 Å². The van der Waals surface area contributed by atoms with E-state index < -0.39 is 11.0 Å². The number of hydrogen-bond donors (Lipinski definition) is 0. The fourth-order valence-electron chi connectivity index (χ4n) is 2.42. The van der Waals surface area contributed by atoms with E-state index in [-0.39, 0.29) is 5.97 Å². The molecule has 0 unspecified atom stereocenters. The summed E-state index contributed by atoms with van der Waals surface area (Å²) in [6.07, 6.45) is 2.03. The quantitative estimate of drug-likeness (QED) is 0.477. The van der Waals surface area contributed by atoms with Crippen molar-refractivity contribution in [3.63, 3.8) is 0 Å². The van der Waals surface area contributed by atoms with Crippen LogP contribution < -0.4 is 0 Å². The molecule has 1 aliphatic heterocycles. The Kier molecular flexibility index (Phi) is 4.34. The second-order valence-electron chi connectivity index (χ2n) is 4.60. The monoisotopic (exact) mass is 276 g/mol. The molecule has 1 aromatic carbocycles. The number of esters is 1. The third-order valence-electron chi connectivity index (χ3n) is 3.34. The van der Waals surface area contributed by atoms with Crippen molar-refractivity contribution >= 4 is 5.97 Å². The summed E-state index contributed by atoms with van der Waals surface area (Å²) < 4.78 is 4.78. The lowest BCUT2D eigenvalue weighted by molar-refractivity contribution is -0.404. The molecule has 0 N–H and O–H groups in total. The summed E-state index contributed by atoms with van der Waals surface area (Å²) in [7, 11) is 1.33. The maximum absolute atomic E-state index is 11.8. The topological polar surface area (TPSA) is 72.7 Å². The van der Waals surface area contributed by atoms with Crippen LogP contribution in [0.1, 0.15) is 18.4 Å². The largest absolute Gasteiger partial charge is 0.467 e. The summed E-state index contributed by atoms with van der Waals surface area (Å²) in [4.78, 5) is 23.7. The summed E-state index contributed by atoms with van der Waals surface area (Å²) in [5, 5.41) is 10.7. The molecule has 6 heteroatoms. The Morgan fingerprint density at radius 3 is 2.80 bits per heavy atom. The van der Waals surface area contributed by atoms with Gasteiger partial charge in [0.1, 0.15) is 6.04 Å². The first-order valence-electron chi connectivity index (χ1n) is 6.34. The van der Waals surface area contributed by atoms with E-state index in [9.17, 15) is 14.9 Å². The Labute approximate surface area is 116 Å². The number of methoxy groups -OCH3 is 1. The minimum absolute atomic E-state index is 0.354. The van der Waals surface area contributed by atoms with Gasteiger partial charge in [-0.2, -0.15) is 0 Å². The van der Waals surface area contributed by atoms with Gasteiger partial charge in [0.05, 0.1) is 17.7 Å². The number of likely N-dealkylation sites (tertiary alicyclic amines) is 1. The Balaban J connectivity index is 2.24. The van der Waals surface area contributed by atoms with Crippen LogP contribution in [-0.2, 0) is 16.1 Å². The summed E-state index contributed by atoms with van der Waals surface area (Å²) in [5.41, 5.74) is 1.56. The van der Waals surface area contributed by atoms with Gasteiger partial charge in [0.15, 0.2) is 0 Å². The van der Waals surface area contributed by atoms with Gasteiger partial charge in [0.2, 0.25) is 0 Å². The van der Waals surface area contributed by atoms with Crippen LogP contribution >= 0.6 is 0 Å². The highest BCUT2D eigenvalue weighted by Crippen LogP contribution is 2.30. The first-order valence-corrected chi connectivity index (χ1v) is 6.34. The van der Waals surface area contributed by atoms with Gasteiger partial charge in [-0.25, -0.2) is 4.79 Å². The van der Waals surface area contributed by atoms with Crippen molar-refractivity contribution in [1.29, 1.82) is 0 Å². The lowest BCUT2D eigenvalue weighted by Crippen LogP contribution is -2.35. The molecular weight excluding hydrogens is 260 g/mol. The van der Waals surface area contributed by atoms with Gasteiger partial charge < -0.3 is 9.64 Å². The van der Waals surface area contributed by atoms with E-state index >= 15 is 0 Å². The zero-order valence-electron chi connectivity index (χ0n) is 11.2. The van der Waals surface area contributed by atoms with Gasteiger partial charge in [-0.05, 0) is 18.4 Å². The first-order chi connectivity index (χ1) is 9.61. The van der Waals surface area contributed by atoms with Gasteiger partial charge in [-0.1, -0.05) is 30.3 Å². The Morgan fingerprint density at radius 1 is 1.50 bits per heavy atom. The summed E-state index contributed by atoms with van der Waals surface area (Å²) in [6.45, 7) is 0.459. The van der Waals surface area contributed by atoms with Crippen molar-refractivity contribution in [3.05, 3.63) is 57.9 Å². The molecule has 2 rings (SSSR count). The second-order valence-corrected chi connectivity index (χ2v) is 4.60. The molecule has 20 heavy (non-hydrogen) atoms. The average Bonchev–Trinajstić information content (AvgIpc) is 2.81. The predicted octanol–water partition coefficient (Wildman–Crippen LogP) is 1.94. The molecule has 0 radical (unpaired) electrons. The van der Waals surface area contributed by atoms with Crippen LogP contribution in [0.25, 0.3) is 0 Å². The first kappa shape index (κ1) is 14.0. The Hall–Kier alpha value is -2.37. The van der Waals surface area contributed by atoms with Gasteiger partial charge in [0.25, 0.3) is 6.20 Å². The molecule has 1 aromatic rings. The number of ether oxygens (including phenoxy) is 1. The minimum Gasteiger partial charge on any atom is -0.467 e. The van der Waals surface area contributed by atoms with Crippen molar-refractivity contribution in [1.82, 2.24) is 4.90 Å². The van der Waals surface area contributed by atoms with Crippen molar-refractivity contribution < 1.29 is 14.5 Å². The molecule has 0 bridgehead atoms. The van der Waals surface area contributed by atoms with E-state index in [2.05, 4.69) is 0 Å². The molecule has 0 aromatic heterocycles. The maximum Gasteiger partial charge on any atom is 0.328 e. The van der Waals surface area contributed by atoms with Crippen molar-refractivity contribution in [2.75, 3.05) is 7.11 Å². The maximum atomic E-state index is 11.8. The molecule has 1 atom stereocenters. The van der Waals surface area contributed by atoms with Crippen LogP contribution in [0.2, 0.25) is 0 Å². The standard InChI is InChI=1S/C14H16N2O4/c1-20-14(17)13-8-7-12(10-16(18)19)15(13)9-11-5-3-2-4-6-11/h2-6,10,13H,7-9H2,1H3/b12-10+/t13-/m0/s1. The summed E-state index contributed by atoms with van der Waals surface area (Å²) >= 11 is 0. The number of nitro groups is 1. The van der Waals surface area contributed by atoms with Crippen molar-refractivity contribution in [2.24, 2.45) is 0 Å². The van der Waals surface area contributed by atoms with Crippen LogP contribution in [-0.4, -0.2) is 28.9 Å². The molecular formula is C14H16N2O4.